The first-order valence-electron chi connectivity index (χ1n) is 6.56. The van der Waals surface area contributed by atoms with Crippen LogP contribution in [0.3, 0.4) is 0 Å². The molecular formula is C13H18BrN3O2S. The molecule has 20 heavy (non-hydrogen) atoms. The van der Waals surface area contributed by atoms with Crippen LogP contribution in [0.2, 0.25) is 0 Å². The number of nitrogens with one attached hydrogen (secondary N) is 1. The molecule has 0 aromatic heterocycles. The van der Waals surface area contributed by atoms with E-state index in [1.54, 1.807) is 13.0 Å². The lowest BCUT2D eigenvalue weighted by molar-refractivity contribution is -0.385. The van der Waals surface area contributed by atoms with Crippen LogP contribution >= 0.6 is 27.7 Å². The van der Waals surface area contributed by atoms with Crippen molar-refractivity contribution in [2.45, 2.75) is 6.92 Å². The summed E-state index contributed by atoms with van der Waals surface area (Å²) < 4.78 is 0.740. The maximum atomic E-state index is 10.9. The summed E-state index contributed by atoms with van der Waals surface area (Å²) in [5.74, 6) is 2.42. The van der Waals surface area contributed by atoms with E-state index in [0.717, 1.165) is 36.3 Å². The first-order chi connectivity index (χ1) is 9.58. The Morgan fingerprint density at radius 3 is 2.80 bits per heavy atom. The molecule has 2 rings (SSSR count). The zero-order valence-electron chi connectivity index (χ0n) is 11.4. The highest BCUT2D eigenvalue weighted by molar-refractivity contribution is 9.10. The summed E-state index contributed by atoms with van der Waals surface area (Å²) >= 11 is 5.40. The van der Waals surface area contributed by atoms with E-state index in [2.05, 4.69) is 26.1 Å². The van der Waals surface area contributed by atoms with Gasteiger partial charge in [0.15, 0.2) is 0 Å². The Bertz CT molecular complexity index is 493. The van der Waals surface area contributed by atoms with Gasteiger partial charge >= 0.3 is 0 Å². The molecule has 1 aliphatic heterocycles. The van der Waals surface area contributed by atoms with Crippen LogP contribution in [0.1, 0.15) is 5.56 Å². The number of nitro benzene ring substituents is 1. The number of aryl methyl sites for hydroxylation is 1. The van der Waals surface area contributed by atoms with Crippen LogP contribution in [0.25, 0.3) is 0 Å². The van der Waals surface area contributed by atoms with Gasteiger partial charge in [0, 0.05) is 59.5 Å². The highest BCUT2D eigenvalue weighted by Gasteiger charge is 2.14. The molecule has 1 aromatic carbocycles. The molecule has 0 spiro atoms. The fourth-order valence-electron chi connectivity index (χ4n) is 2.18. The Balaban J connectivity index is 1.92. The van der Waals surface area contributed by atoms with Crippen LogP contribution in [0.15, 0.2) is 16.6 Å². The van der Waals surface area contributed by atoms with Crippen LogP contribution in [0, 0.1) is 17.0 Å². The molecule has 7 heteroatoms. The quantitative estimate of drug-likeness (QED) is 0.646. The molecule has 110 valence electrons. The Hall–Kier alpha value is -0.790. The summed E-state index contributed by atoms with van der Waals surface area (Å²) in [5.41, 5.74) is 1.74. The zero-order chi connectivity index (χ0) is 14.5. The standard InChI is InChI=1S/C13H18BrN3O2S/c1-10-8-12(11(14)9-13(10)17(18)19)15-2-3-16-4-6-20-7-5-16/h8-9,15H,2-7H2,1H3. The van der Waals surface area contributed by atoms with E-state index in [-0.39, 0.29) is 10.6 Å². The van der Waals surface area contributed by atoms with Crippen molar-refractivity contribution in [2.75, 3.05) is 43.0 Å². The van der Waals surface area contributed by atoms with Crippen molar-refractivity contribution < 1.29 is 4.92 Å². The summed E-state index contributed by atoms with van der Waals surface area (Å²) in [7, 11) is 0. The van der Waals surface area contributed by atoms with E-state index in [1.807, 2.05) is 17.8 Å². The summed E-state index contributed by atoms with van der Waals surface area (Å²) in [5, 5.41) is 14.2. The number of nitro groups is 1. The van der Waals surface area contributed by atoms with Gasteiger partial charge in [-0.1, -0.05) is 0 Å². The molecular weight excluding hydrogens is 342 g/mol. The lowest BCUT2D eigenvalue weighted by Crippen LogP contribution is -2.36. The first-order valence-corrected chi connectivity index (χ1v) is 8.51. The first kappa shape index (κ1) is 15.6. The smallest absolute Gasteiger partial charge is 0.273 e. The molecule has 1 aliphatic rings. The number of hydrogen-bond acceptors (Lipinski definition) is 5. The van der Waals surface area contributed by atoms with Gasteiger partial charge in [-0.2, -0.15) is 11.8 Å². The third-order valence-electron chi connectivity index (χ3n) is 3.33. The van der Waals surface area contributed by atoms with Crippen molar-refractivity contribution in [3.05, 3.63) is 32.3 Å². The number of thioether (sulfide) groups is 1. The molecule has 0 amide bonds. The third-order valence-corrected chi connectivity index (χ3v) is 4.93. The van der Waals surface area contributed by atoms with Gasteiger partial charge in [0.2, 0.25) is 0 Å². The Kier molecular flexibility index (Phi) is 5.68. The minimum absolute atomic E-state index is 0.149. The number of halogens is 1. The van der Waals surface area contributed by atoms with Crippen LogP contribution in [0.5, 0.6) is 0 Å². The van der Waals surface area contributed by atoms with Crippen molar-refractivity contribution in [3.8, 4) is 0 Å². The molecule has 0 radical (unpaired) electrons. The van der Waals surface area contributed by atoms with Crippen molar-refractivity contribution >= 4 is 39.1 Å². The van der Waals surface area contributed by atoms with E-state index < -0.39 is 0 Å². The van der Waals surface area contributed by atoms with Gasteiger partial charge < -0.3 is 5.32 Å². The van der Waals surface area contributed by atoms with Crippen LogP contribution < -0.4 is 5.32 Å². The lowest BCUT2D eigenvalue weighted by Gasteiger charge is -2.26. The molecule has 0 unspecified atom stereocenters. The molecule has 0 aliphatic carbocycles. The number of benzene rings is 1. The molecule has 1 N–H and O–H groups in total. The molecule has 1 heterocycles. The van der Waals surface area contributed by atoms with E-state index >= 15 is 0 Å². The normalized spacial score (nSPS) is 16.1. The summed E-state index contributed by atoms with van der Waals surface area (Å²) in [6.07, 6.45) is 0. The van der Waals surface area contributed by atoms with Crippen molar-refractivity contribution in [3.63, 3.8) is 0 Å². The van der Waals surface area contributed by atoms with Gasteiger partial charge in [-0.3, -0.25) is 15.0 Å². The maximum Gasteiger partial charge on any atom is 0.273 e. The predicted octanol–water partition coefficient (Wildman–Crippen LogP) is 3.13. The van der Waals surface area contributed by atoms with E-state index in [0.29, 0.717) is 5.56 Å². The van der Waals surface area contributed by atoms with E-state index in [4.69, 9.17) is 0 Å². The van der Waals surface area contributed by atoms with E-state index in [1.165, 1.54) is 11.5 Å². The number of nitrogens with zero attached hydrogens (tertiary/aromatic N) is 2. The maximum absolute atomic E-state index is 10.9. The second kappa shape index (κ2) is 7.28. The van der Waals surface area contributed by atoms with Gasteiger partial charge in [0.25, 0.3) is 5.69 Å². The van der Waals surface area contributed by atoms with Crippen molar-refractivity contribution in [1.82, 2.24) is 4.90 Å². The van der Waals surface area contributed by atoms with Gasteiger partial charge in [-0.05, 0) is 28.9 Å². The summed E-state index contributed by atoms with van der Waals surface area (Å²) in [6.45, 7) is 5.90. The largest absolute Gasteiger partial charge is 0.383 e. The van der Waals surface area contributed by atoms with Gasteiger partial charge in [0.1, 0.15) is 0 Å². The number of anilines is 1. The summed E-state index contributed by atoms with van der Waals surface area (Å²) in [6, 6.07) is 3.39. The van der Waals surface area contributed by atoms with Gasteiger partial charge in [-0.25, -0.2) is 0 Å². The molecule has 0 atom stereocenters. The number of rotatable bonds is 5. The minimum Gasteiger partial charge on any atom is -0.383 e. The Labute approximate surface area is 131 Å². The highest BCUT2D eigenvalue weighted by Crippen LogP contribution is 2.30. The SMILES string of the molecule is Cc1cc(NCCN2CCSCC2)c(Br)cc1[N+](=O)[O-]. The molecule has 1 fully saturated rings. The van der Waals surface area contributed by atoms with Gasteiger partial charge in [-0.15, -0.1) is 0 Å². The second-order valence-corrected chi connectivity index (χ2v) is 6.84. The Morgan fingerprint density at radius 1 is 1.45 bits per heavy atom. The highest BCUT2D eigenvalue weighted by atomic mass is 79.9. The zero-order valence-corrected chi connectivity index (χ0v) is 13.8. The predicted molar refractivity (Wildman–Crippen MR) is 87.8 cm³/mol. The topological polar surface area (TPSA) is 58.4 Å². The van der Waals surface area contributed by atoms with Crippen LogP contribution in [-0.2, 0) is 0 Å². The average molecular weight is 360 g/mol. The third kappa shape index (κ3) is 4.10. The van der Waals surface area contributed by atoms with E-state index in [9.17, 15) is 10.1 Å². The summed E-state index contributed by atoms with van der Waals surface area (Å²) in [4.78, 5) is 12.9. The van der Waals surface area contributed by atoms with Gasteiger partial charge in [0.05, 0.1) is 4.92 Å². The molecule has 0 saturated carbocycles. The second-order valence-electron chi connectivity index (χ2n) is 4.76. The molecule has 0 bridgehead atoms. The fourth-order valence-corrected chi connectivity index (χ4v) is 3.63. The minimum atomic E-state index is -0.352. The molecule has 1 saturated heterocycles. The molecule has 1 aromatic rings. The van der Waals surface area contributed by atoms with Crippen molar-refractivity contribution in [1.29, 1.82) is 0 Å². The Morgan fingerprint density at radius 2 is 2.15 bits per heavy atom. The molecule has 5 nitrogen and oxygen atoms in total. The van der Waals surface area contributed by atoms with Crippen LogP contribution in [0.4, 0.5) is 11.4 Å². The number of hydrogen-bond donors (Lipinski definition) is 1. The average Bonchev–Trinajstić information content (AvgIpc) is 2.43. The van der Waals surface area contributed by atoms with Crippen LogP contribution in [-0.4, -0.2) is 47.5 Å². The fraction of sp³-hybridized carbons (Fsp3) is 0.538. The van der Waals surface area contributed by atoms with Crippen molar-refractivity contribution in [2.24, 2.45) is 0 Å². The monoisotopic (exact) mass is 359 g/mol. The lowest BCUT2D eigenvalue weighted by atomic mass is 10.2.